The molecule has 1 aromatic rings. The van der Waals surface area contributed by atoms with E-state index in [1.54, 1.807) is 24.0 Å². The molecule has 4 nitrogen and oxygen atoms in total. The summed E-state index contributed by atoms with van der Waals surface area (Å²) in [4.78, 5) is 15.5. The van der Waals surface area contributed by atoms with E-state index in [9.17, 15) is 9.90 Å². The van der Waals surface area contributed by atoms with Crippen LogP contribution < -0.4 is 5.32 Å². The van der Waals surface area contributed by atoms with Gasteiger partial charge in [-0.15, -0.1) is 0 Å². The quantitative estimate of drug-likeness (QED) is 0.218. The number of hydrogen-bond acceptors (Lipinski definition) is 4. The van der Waals surface area contributed by atoms with E-state index in [0.717, 1.165) is 5.75 Å². The maximum Gasteiger partial charge on any atom is 0.327 e. The van der Waals surface area contributed by atoms with Crippen molar-refractivity contribution in [1.82, 2.24) is 4.98 Å². The Labute approximate surface area is 182 Å². The zero-order valence-corrected chi connectivity index (χ0v) is 19.2. The number of carbonyl (C=O) groups is 1. The van der Waals surface area contributed by atoms with Crippen LogP contribution in [0.15, 0.2) is 24.4 Å². The highest BCUT2D eigenvalue weighted by Crippen LogP contribution is 2.15. The molecule has 1 heterocycles. The lowest BCUT2D eigenvalue weighted by atomic mass is 10.0. The van der Waals surface area contributed by atoms with Crippen LogP contribution in [0.25, 0.3) is 0 Å². The fourth-order valence-corrected chi connectivity index (χ4v) is 4.44. The van der Waals surface area contributed by atoms with Gasteiger partial charge in [-0.1, -0.05) is 96.5 Å². The van der Waals surface area contributed by atoms with Crippen molar-refractivity contribution < 1.29 is 9.90 Å². The predicted molar refractivity (Wildman–Crippen MR) is 127 cm³/mol. The van der Waals surface area contributed by atoms with E-state index in [2.05, 4.69) is 17.2 Å². The van der Waals surface area contributed by atoms with Gasteiger partial charge in [-0.2, -0.15) is 11.8 Å². The van der Waals surface area contributed by atoms with E-state index in [4.69, 9.17) is 0 Å². The highest BCUT2D eigenvalue weighted by molar-refractivity contribution is 7.99. The van der Waals surface area contributed by atoms with Crippen molar-refractivity contribution in [1.29, 1.82) is 0 Å². The summed E-state index contributed by atoms with van der Waals surface area (Å²) in [6, 6.07) is 4.90. The van der Waals surface area contributed by atoms with Crippen LogP contribution in [0.2, 0.25) is 0 Å². The molecule has 0 spiro atoms. The lowest BCUT2D eigenvalue weighted by Gasteiger charge is -2.14. The van der Waals surface area contributed by atoms with E-state index in [0.29, 0.717) is 11.6 Å². The van der Waals surface area contributed by atoms with E-state index < -0.39 is 12.0 Å². The molecule has 1 aromatic heterocycles. The van der Waals surface area contributed by atoms with Gasteiger partial charge in [0.15, 0.2) is 0 Å². The SMILES string of the molecule is CCCCCCCCCCCCCCCCSCC(Nc1ccccn1)C(=O)O. The highest BCUT2D eigenvalue weighted by Gasteiger charge is 2.17. The van der Waals surface area contributed by atoms with Gasteiger partial charge in [0.05, 0.1) is 0 Å². The van der Waals surface area contributed by atoms with Crippen LogP contribution in [0, 0.1) is 0 Å². The van der Waals surface area contributed by atoms with E-state index in [1.165, 1.54) is 89.9 Å². The first kappa shape index (κ1) is 25.8. The van der Waals surface area contributed by atoms with Gasteiger partial charge in [-0.05, 0) is 24.3 Å². The van der Waals surface area contributed by atoms with Crippen LogP contribution in [0.5, 0.6) is 0 Å². The van der Waals surface area contributed by atoms with Gasteiger partial charge in [0.1, 0.15) is 11.9 Å². The molecule has 0 aliphatic carbocycles. The van der Waals surface area contributed by atoms with Crippen LogP contribution in [0.1, 0.15) is 96.8 Å². The minimum Gasteiger partial charge on any atom is -0.480 e. The first-order valence-electron chi connectivity index (χ1n) is 11.7. The fraction of sp³-hybridized carbons (Fsp3) is 0.750. The molecule has 0 saturated heterocycles. The van der Waals surface area contributed by atoms with Gasteiger partial charge in [0.25, 0.3) is 0 Å². The van der Waals surface area contributed by atoms with Gasteiger partial charge >= 0.3 is 5.97 Å². The van der Waals surface area contributed by atoms with Gasteiger partial charge in [0, 0.05) is 11.9 Å². The Morgan fingerprint density at radius 1 is 0.931 bits per heavy atom. The Bertz CT molecular complexity index is 499. The second kappa shape index (κ2) is 18.8. The lowest BCUT2D eigenvalue weighted by molar-refractivity contribution is -0.137. The molecular weight excluding hydrogens is 380 g/mol. The van der Waals surface area contributed by atoms with Gasteiger partial charge in [0.2, 0.25) is 0 Å². The monoisotopic (exact) mass is 422 g/mol. The average molecular weight is 423 g/mol. The van der Waals surface area contributed by atoms with Crippen molar-refractivity contribution in [3.05, 3.63) is 24.4 Å². The second-order valence-electron chi connectivity index (χ2n) is 7.92. The van der Waals surface area contributed by atoms with Crippen LogP contribution in [0.3, 0.4) is 0 Å². The first-order valence-corrected chi connectivity index (χ1v) is 12.9. The summed E-state index contributed by atoms with van der Waals surface area (Å²) >= 11 is 1.72. The number of pyridine rings is 1. The zero-order chi connectivity index (χ0) is 21.0. The van der Waals surface area contributed by atoms with Crippen LogP contribution in [0.4, 0.5) is 5.82 Å². The summed E-state index contributed by atoms with van der Waals surface area (Å²) in [5.74, 6) is 1.41. The highest BCUT2D eigenvalue weighted by atomic mass is 32.2. The van der Waals surface area contributed by atoms with E-state index >= 15 is 0 Å². The Morgan fingerprint density at radius 2 is 1.48 bits per heavy atom. The second-order valence-corrected chi connectivity index (χ2v) is 9.07. The molecule has 0 saturated carbocycles. The van der Waals surface area contributed by atoms with Crippen LogP contribution in [-0.4, -0.2) is 33.6 Å². The number of hydrogen-bond donors (Lipinski definition) is 2. The molecule has 1 rings (SSSR count). The number of nitrogens with zero attached hydrogens (tertiary/aromatic N) is 1. The third-order valence-corrected chi connectivity index (χ3v) is 6.36. The number of aliphatic carboxylic acids is 1. The van der Waals surface area contributed by atoms with E-state index in [1.807, 2.05) is 12.1 Å². The molecule has 2 N–H and O–H groups in total. The molecule has 0 fully saturated rings. The minimum atomic E-state index is -0.816. The third-order valence-electron chi connectivity index (χ3n) is 5.21. The summed E-state index contributed by atoms with van der Waals surface area (Å²) in [6.07, 6.45) is 20.8. The van der Waals surface area contributed by atoms with Crippen molar-refractivity contribution >= 4 is 23.5 Å². The minimum absolute atomic E-state index is 0.574. The fourth-order valence-electron chi connectivity index (χ4n) is 3.40. The lowest BCUT2D eigenvalue weighted by Crippen LogP contribution is -2.32. The molecule has 0 amide bonds. The molecule has 5 heteroatoms. The Morgan fingerprint density at radius 3 is 1.97 bits per heavy atom. The number of nitrogens with one attached hydrogen (secondary N) is 1. The summed E-state index contributed by atoms with van der Waals surface area (Å²) in [5.41, 5.74) is 0. The van der Waals surface area contributed by atoms with Crippen molar-refractivity contribution in [3.8, 4) is 0 Å². The summed E-state index contributed by atoms with van der Waals surface area (Å²) in [5, 5.41) is 12.4. The number of carboxylic acids is 1. The van der Waals surface area contributed by atoms with E-state index in [-0.39, 0.29) is 0 Å². The summed E-state index contributed by atoms with van der Waals surface area (Å²) in [7, 11) is 0. The molecule has 0 aliphatic heterocycles. The molecule has 0 aliphatic rings. The number of carboxylic acid groups (broad SMARTS) is 1. The largest absolute Gasteiger partial charge is 0.480 e. The smallest absolute Gasteiger partial charge is 0.327 e. The van der Waals surface area contributed by atoms with Gasteiger partial charge in [-0.3, -0.25) is 0 Å². The Hall–Kier alpha value is -1.23. The molecule has 29 heavy (non-hydrogen) atoms. The van der Waals surface area contributed by atoms with Crippen LogP contribution >= 0.6 is 11.8 Å². The van der Waals surface area contributed by atoms with Gasteiger partial charge < -0.3 is 10.4 Å². The van der Waals surface area contributed by atoms with Crippen molar-refractivity contribution in [2.75, 3.05) is 16.8 Å². The van der Waals surface area contributed by atoms with Crippen molar-refractivity contribution in [3.63, 3.8) is 0 Å². The zero-order valence-electron chi connectivity index (χ0n) is 18.4. The Balaban J connectivity index is 1.88. The molecule has 0 radical (unpaired) electrons. The number of unbranched alkanes of at least 4 members (excludes halogenated alkanes) is 13. The molecule has 1 atom stereocenters. The maximum atomic E-state index is 11.4. The summed E-state index contributed by atoms with van der Waals surface area (Å²) in [6.45, 7) is 2.27. The molecule has 166 valence electrons. The van der Waals surface area contributed by atoms with Gasteiger partial charge in [-0.25, -0.2) is 9.78 Å². The van der Waals surface area contributed by atoms with Crippen molar-refractivity contribution in [2.24, 2.45) is 0 Å². The number of aromatic nitrogens is 1. The number of rotatable bonds is 20. The van der Waals surface area contributed by atoms with Crippen LogP contribution in [-0.2, 0) is 4.79 Å². The Kier molecular flexibility index (Phi) is 16.7. The normalized spacial score (nSPS) is 12.0. The molecule has 1 unspecified atom stereocenters. The molecular formula is C24H42N2O2S. The van der Waals surface area contributed by atoms with Crippen molar-refractivity contribution in [2.45, 2.75) is 103 Å². The maximum absolute atomic E-state index is 11.4. The number of thioether (sulfide) groups is 1. The predicted octanol–water partition coefficient (Wildman–Crippen LogP) is 7.16. The third kappa shape index (κ3) is 15.3. The topological polar surface area (TPSA) is 62.2 Å². The average Bonchev–Trinajstić information content (AvgIpc) is 2.73. The summed E-state index contributed by atoms with van der Waals surface area (Å²) < 4.78 is 0. The molecule has 0 bridgehead atoms. The molecule has 0 aromatic carbocycles. The number of anilines is 1. The first-order chi connectivity index (χ1) is 14.2. The standard InChI is InChI=1S/C24H42N2O2S/c1-2-3-4-5-6-7-8-9-10-11-12-13-14-17-20-29-21-22(24(27)28)26-23-18-15-16-19-25-23/h15-16,18-19,22H,2-14,17,20-21H2,1H3,(H,25,26)(H,27,28).